The SMILES string of the molecule is CCCNC(=O)[C@H](C)N(Cc1ccc(Br)cc1)C(=O)CCN1C(=O)c2ccccc2S1(=O)=O. The zero-order valence-electron chi connectivity index (χ0n) is 18.5. The molecule has 1 aliphatic heterocycles. The molecule has 0 saturated carbocycles. The molecule has 176 valence electrons. The van der Waals surface area contributed by atoms with Crippen molar-refractivity contribution in [1.29, 1.82) is 0 Å². The zero-order valence-corrected chi connectivity index (χ0v) is 20.9. The largest absolute Gasteiger partial charge is 0.354 e. The molecule has 0 saturated heterocycles. The lowest BCUT2D eigenvalue weighted by Gasteiger charge is -2.29. The maximum absolute atomic E-state index is 13.2. The summed E-state index contributed by atoms with van der Waals surface area (Å²) in [6.07, 6.45) is 0.523. The number of rotatable bonds is 9. The highest BCUT2D eigenvalue weighted by molar-refractivity contribution is 9.10. The molecule has 0 spiro atoms. The van der Waals surface area contributed by atoms with Crippen LogP contribution in [0.2, 0.25) is 0 Å². The van der Waals surface area contributed by atoms with Gasteiger partial charge in [-0.15, -0.1) is 0 Å². The number of hydrogen-bond acceptors (Lipinski definition) is 5. The van der Waals surface area contributed by atoms with Crippen molar-refractivity contribution in [2.75, 3.05) is 13.1 Å². The van der Waals surface area contributed by atoms with Gasteiger partial charge in [-0.05, 0) is 43.2 Å². The van der Waals surface area contributed by atoms with Gasteiger partial charge in [0.2, 0.25) is 11.8 Å². The van der Waals surface area contributed by atoms with Crippen molar-refractivity contribution in [1.82, 2.24) is 14.5 Å². The molecule has 1 atom stereocenters. The molecule has 2 aromatic carbocycles. The van der Waals surface area contributed by atoms with Gasteiger partial charge in [0.25, 0.3) is 15.9 Å². The maximum atomic E-state index is 13.2. The molecule has 1 heterocycles. The number of carbonyl (C=O) groups excluding carboxylic acids is 3. The topological polar surface area (TPSA) is 104 Å². The summed E-state index contributed by atoms with van der Waals surface area (Å²) >= 11 is 3.37. The number of benzene rings is 2. The molecule has 10 heteroatoms. The van der Waals surface area contributed by atoms with Crippen LogP contribution in [0.25, 0.3) is 0 Å². The first-order valence-electron chi connectivity index (χ1n) is 10.6. The summed E-state index contributed by atoms with van der Waals surface area (Å²) in [6, 6.07) is 12.6. The lowest BCUT2D eigenvalue weighted by Crippen LogP contribution is -2.48. The van der Waals surface area contributed by atoms with Gasteiger partial charge in [-0.25, -0.2) is 12.7 Å². The van der Waals surface area contributed by atoms with Gasteiger partial charge < -0.3 is 10.2 Å². The fourth-order valence-electron chi connectivity index (χ4n) is 3.56. The van der Waals surface area contributed by atoms with Crippen LogP contribution in [0.4, 0.5) is 0 Å². The second kappa shape index (κ2) is 10.5. The molecule has 0 radical (unpaired) electrons. The average molecular weight is 536 g/mol. The predicted octanol–water partition coefficient (Wildman–Crippen LogP) is 2.93. The number of carbonyl (C=O) groups is 3. The molecule has 3 rings (SSSR count). The van der Waals surface area contributed by atoms with Crippen LogP contribution >= 0.6 is 15.9 Å². The lowest BCUT2D eigenvalue weighted by atomic mass is 10.1. The standard InChI is InChI=1S/C23H26BrN3O5S/c1-3-13-25-22(29)16(2)26(15-17-8-10-18(24)11-9-17)21(28)12-14-27-23(30)19-6-4-5-7-20(19)33(27,31)32/h4-11,16H,3,12-15H2,1-2H3,(H,25,29)/t16-/m0/s1. The van der Waals surface area contributed by atoms with Gasteiger partial charge in [0.15, 0.2) is 0 Å². The van der Waals surface area contributed by atoms with Crippen LogP contribution in [0.5, 0.6) is 0 Å². The Morgan fingerprint density at radius 2 is 1.79 bits per heavy atom. The smallest absolute Gasteiger partial charge is 0.269 e. The first-order valence-corrected chi connectivity index (χ1v) is 12.9. The van der Waals surface area contributed by atoms with Crippen LogP contribution in [0.15, 0.2) is 57.9 Å². The van der Waals surface area contributed by atoms with Crippen molar-refractivity contribution < 1.29 is 22.8 Å². The summed E-state index contributed by atoms with van der Waals surface area (Å²) in [4.78, 5) is 39.8. The Morgan fingerprint density at radius 3 is 2.42 bits per heavy atom. The Morgan fingerprint density at radius 1 is 1.12 bits per heavy atom. The number of nitrogens with one attached hydrogen (secondary N) is 1. The summed E-state index contributed by atoms with van der Waals surface area (Å²) in [7, 11) is -4.00. The minimum Gasteiger partial charge on any atom is -0.354 e. The highest BCUT2D eigenvalue weighted by Gasteiger charge is 2.41. The first-order chi connectivity index (χ1) is 15.7. The maximum Gasteiger partial charge on any atom is 0.269 e. The van der Waals surface area contributed by atoms with Gasteiger partial charge in [-0.3, -0.25) is 14.4 Å². The van der Waals surface area contributed by atoms with Gasteiger partial charge in [0.05, 0.1) is 5.56 Å². The Hall–Kier alpha value is -2.72. The number of sulfonamides is 1. The third-order valence-corrected chi connectivity index (χ3v) is 7.79. The number of halogens is 1. The molecule has 33 heavy (non-hydrogen) atoms. The summed E-state index contributed by atoms with van der Waals surface area (Å²) in [5.74, 6) is -1.36. The highest BCUT2D eigenvalue weighted by atomic mass is 79.9. The number of fused-ring (bicyclic) bond motifs is 1. The molecule has 0 aromatic heterocycles. The molecular formula is C23H26BrN3O5S. The van der Waals surface area contributed by atoms with Crippen molar-refractivity contribution >= 4 is 43.7 Å². The van der Waals surface area contributed by atoms with Crippen LogP contribution in [0.1, 0.15) is 42.6 Å². The van der Waals surface area contributed by atoms with Crippen molar-refractivity contribution in [2.24, 2.45) is 0 Å². The summed E-state index contributed by atoms with van der Waals surface area (Å²) in [5, 5.41) is 2.79. The molecule has 0 bridgehead atoms. The summed E-state index contributed by atoms with van der Waals surface area (Å²) in [5.41, 5.74) is 0.919. The van der Waals surface area contributed by atoms with E-state index in [4.69, 9.17) is 0 Å². The number of hydrogen-bond donors (Lipinski definition) is 1. The molecule has 0 aliphatic carbocycles. The van der Waals surface area contributed by atoms with E-state index >= 15 is 0 Å². The van der Waals surface area contributed by atoms with Crippen LogP contribution in [0.3, 0.4) is 0 Å². The molecule has 3 amide bonds. The Balaban J connectivity index is 1.77. The van der Waals surface area contributed by atoms with Crippen LogP contribution in [-0.4, -0.2) is 54.5 Å². The van der Waals surface area contributed by atoms with Crippen molar-refractivity contribution in [3.63, 3.8) is 0 Å². The molecule has 1 N–H and O–H groups in total. The van der Waals surface area contributed by atoms with E-state index in [0.29, 0.717) is 6.54 Å². The van der Waals surface area contributed by atoms with Gasteiger partial charge in [0.1, 0.15) is 10.9 Å². The van der Waals surface area contributed by atoms with E-state index in [-0.39, 0.29) is 35.9 Å². The normalized spacial score (nSPS) is 15.1. The molecule has 1 aliphatic rings. The lowest BCUT2D eigenvalue weighted by molar-refractivity contribution is -0.140. The van der Waals surface area contributed by atoms with E-state index in [1.54, 1.807) is 19.1 Å². The van der Waals surface area contributed by atoms with Gasteiger partial charge in [0, 0.05) is 30.5 Å². The van der Waals surface area contributed by atoms with E-state index in [2.05, 4.69) is 21.2 Å². The number of amides is 3. The second-order valence-corrected chi connectivity index (χ2v) is 10.5. The Kier molecular flexibility index (Phi) is 7.91. The predicted molar refractivity (Wildman–Crippen MR) is 127 cm³/mol. The van der Waals surface area contributed by atoms with E-state index in [1.165, 1.54) is 17.0 Å². The van der Waals surface area contributed by atoms with Crippen molar-refractivity contribution in [3.05, 3.63) is 64.1 Å². The minimum absolute atomic E-state index is 0.0542. The minimum atomic E-state index is -4.00. The number of nitrogens with zero attached hydrogens (tertiary/aromatic N) is 2. The van der Waals surface area contributed by atoms with Gasteiger partial charge in [-0.1, -0.05) is 47.1 Å². The molecule has 8 nitrogen and oxygen atoms in total. The van der Waals surface area contributed by atoms with E-state index in [9.17, 15) is 22.8 Å². The van der Waals surface area contributed by atoms with Crippen molar-refractivity contribution in [3.8, 4) is 0 Å². The van der Waals surface area contributed by atoms with E-state index in [1.807, 2.05) is 31.2 Å². The third-order valence-electron chi connectivity index (χ3n) is 5.42. The third kappa shape index (κ3) is 5.44. The fraction of sp³-hybridized carbons (Fsp3) is 0.348. The quantitative estimate of drug-likeness (QED) is 0.531. The van der Waals surface area contributed by atoms with E-state index < -0.39 is 27.9 Å². The van der Waals surface area contributed by atoms with Gasteiger partial charge >= 0.3 is 0 Å². The fourth-order valence-corrected chi connectivity index (χ4v) is 5.39. The highest BCUT2D eigenvalue weighted by Crippen LogP contribution is 2.30. The monoisotopic (exact) mass is 535 g/mol. The summed E-state index contributed by atoms with van der Waals surface area (Å²) < 4.78 is 27.2. The molecule has 2 aromatic rings. The first kappa shape index (κ1) is 24.9. The van der Waals surface area contributed by atoms with Crippen LogP contribution < -0.4 is 5.32 Å². The van der Waals surface area contributed by atoms with Crippen LogP contribution in [0, 0.1) is 0 Å². The second-order valence-electron chi connectivity index (χ2n) is 7.74. The summed E-state index contributed by atoms with van der Waals surface area (Å²) in [6.45, 7) is 3.93. The Bertz CT molecular complexity index is 1150. The average Bonchev–Trinajstić information content (AvgIpc) is 3.00. The Labute approximate surface area is 202 Å². The zero-order chi connectivity index (χ0) is 24.2. The van der Waals surface area contributed by atoms with Crippen LogP contribution in [-0.2, 0) is 26.2 Å². The van der Waals surface area contributed by atoms with Gasteiger partial charge in [-0.2, -0.15) is 0 Å². The van der Waals surface area contributed by atoms with Crippen molar-refractivity contribution in [2.45, 2.75) is 44.2 Å². The molecule has 0 fully saturated rings. The van der Waals surface area contributed by atoms with E-state index in [0.717, 1.165) is 20.8 Å². The molecule has 0 unspecified atom stereocenters. The molecular weight excluding hydrogens is 510 g/mol.